The van der Waals surface area contributed by atoms with Crippen LogP contribution in [0.3, 0.4) is 0 Å². The first-order valence-corrected chi connectivity index (χ1v) is 8.18. The van der Waals surface area contributed by atoms with E-state index in [1.54, 1.807) is 0 Å². The minimum absolute atomic E-state index is 0.0447. The summed E-state index contributed by atoms with van der Waals surface area (Å²) in [7, 11) is 0. The van der Waals surface area contributed by atoms with Crippen LogP contribution >= 0.6 is 0 Å². The Labute approximate surface area is 135 Å². The molecule has 1 amide bonds. The van der Waals surface area contributed by atoms with Crippen molar-refractivity contribution in [2.24, 2.45) is 23.5 Å². The Balaban J connectivity index is 1.98. The van der Waals surface area contributed by atoms with Gasteiger partial charge in [0.1, 0.15) is 5.82 Å². The Hall–Kier alpha value is -2.11. The minimum Gasteiger partial charge on any atom is -0.481 e. The van der Waals surface area contributed by atoms with Gasteiger partial charge in [-0.3, -0.25) is 9.59 Å². The molecule has 124 valence electrons. The van der Waals surface area contributed by atoms with Crippen molar-refractivity contribution in [3.63, 3.8) is 0 Å². The van der Waals surface area contributed by atoms with Crippen molar-refractivity contribution in [2.45, 2.75) is 33.1 Å². The number of aryl methyl sites for hydroxylation is 2. The maximum atomic E-state index is 11.8. The van der Waals surface area contributed by atoms with Gasteiger partial charge in [-0.1, -0.05) is 13.8 Å². The quantitative estimate of drug-likeness (QED) is 0.876. The number of nitrogens with zero attached hydrogens (tertiary/aromatic N) is 2. The largest absolute Gasteiger partial charge is 0.481 e. The standard InChI is InChI=1S/C17H23N3O3/c1-9(2)12-7-20(8-13(12)17(22)23)16-11(15(18)21)6-10-4-3-5-14(10)19-16/h6,9,12-13H,3-5,7-8H2,1-2H3,(H2,18,21)(H,22,23)/t12-,13+/m1/s1. The average Bonchev–Trinajstić information content (AvgIpc) is 3.11. The van der Waals surface area contributed by atoms with E-state index in [0.29, 0.717) is 24.5 Å². The molecule has 0 aromatic carbocycles. The molecule has 2 aliphatic rings. The van der Waals surface area contributed by atoms with Gasteiger partial charge in [0.2, 0.25) is 0 Å². The highest BCUT2D eigenvalue weighted by Crippen LogP contribution is 2.35. The van der Waals surface area contributed by atoms with Crippen LogP contribution < -0.4 is 10.6 Å². The number of anilines is 1. The number of rotatable bonds is 4. The van der Waals surface area contributed by atoms with Crippen LogP contribution in [0, 0.1) is 17.8 Å². The van der Waals surface area contributed by atoms with E-state index in [1.165, 1.54) is 0 Å². The third-order valence-corrected chi connectivity index (χ3v) is 5.13. The van der Waals surface area contributed by atoms with Crippen LogP contribution in [0.25, 0.3) is 0 Å². The topological polar surface area (TPSA) is 96.5 Å². The predicted octanol–water partition coefficient (Wildman–Crippen LogP) is 1.46. The van der Waals surface area contributed by atoms with E-state index in [2.05, 4.69) is 4.98 Å². The molecule has 0 unspecified atom stereocenters. The molecule has 1 fully saturated rings. The SMILES string of the molecule is CC(C)[C@H]1CN(c2nc3c(cc2C(N)=O)CCC3)C[C@@H]1C(=O)O. The molecule has 2 atom stereocenters. The smallest absolute Gasteiger partial charge is 0.308 e. The zero-order valence-corrected chi connectivity index (χ0v) is 13.6. The molecular weight excluding hydrogens is 294 g/mol. The number of fused-ring (bicyclic) bond motifs is 1. The van der Waals surface area contributed by atoms with E-state index in [1.807, 2.05) is 24.8 Å². The second-order valence-corrected chi connectivity index (χ2v) is 6.94. The molecule has 1 saturated heterocycles. The van der Waals surface area contributed by atoms with E-state index in [9.17, 15) is 14.7 Å². The number of carbonyl (C=O) groups is 2. The molecule has 1 aliphatic heterocycles. The third kappa shape index (κ3) is 2.78. The fourth-order valence-corrected chi connectivity index (χ4v) is 3.82. The van der Waals surface area contributed by atoms with Crippen molar-refractivity contribution >= 4 is 17.7 Å². The van der Waals surface area contributed by atoms with Crippen LogP contribution in [0.1, 0.15) is 41.9 Å². The van der Waals surface area contributed by atoms with Gasteiger partial charge in [0, 0.05) is 18.8 Å². The number of carboxylic acids is 1. The van der Waals surface area contributed by atoms with Gasteiger partial charge in [-0.2, -0.15) is 0 Å². The summed E-state index contributed by atoms with van der Waals surface area (Å²) in [4.78, 5) is 30.0. The molecule has 0 spiro atoms. The van der Waals surface area contributed by atoms with Crippen LogP contribution in [0.15, 0.2) is 6.07 Å². The zero-order chi connectivity index (χ0) is 16.7. The van der Waals surface area contributed by atoms with Gasteiger partial charge >= 0.3 is 5.97 Å². The number of hydrogen-bond acceptors (Lipinski definition) is 4. The Morgan fingerprint density at radius 3 is 2.65 bits per heavy atom. The highest BCUT2D eigenvalue weighted by molar-refractivity contribution is 5.98. The lowest BCUT2D eigenvalue weighted by Crippen LogP contribution is -2.27. The third-order valence-electron chi connectivity index (χ3n) is 5.13. The second kappa shape index (κ2) is 5.83. The van der Waals surface area contributed by atoms with E-state index in [0.717, 1.165) is 30.5 Å². The molecule has 6 nitrogen and oxygen atoms in total. The van der Waals surface area contributed by atoms with E-state index in [-0.39, 0.29) is 11.8 Å². The number of pyridine rings is 1. The summed E-state index contributed by atoms with van der Waals surface area (Å²) in [5, 5.41) is 9.49. The van der Waals surface area contributed by atoms with E-state index in [4.69, 9.17) is 5.73 Å². The van der Waals surface area contributed by atoms with Crippen molar-refractivity contribution in [3.8, 4) is 0 Å². The van der Waals surface area contributed by atoms with Crippen LogP contribution in [-0.4, -0.2) is 35.1 Å². The molecule has 0 bridgehead atoms. The molecule has 0 radical (unpaired) electrons. The van der Waals surface area contributed by atoms with Crippen LogP contribution in [-0.2, 0) is 17.6 Å². The molecule has 23 heavy (non-hydrogen) atoms. The maximum absolute atomic E-state index is 11.8. The fourth-order valence-electron chi connectivity index (χ4n) is 3.82. The molecule has 2 heterocycles. The highest BCUT2D eigenvalue weighted by atomic mass is 16.4. The van der Waals surface area contributed by atoms with Gasteiger partial charge in [0.25, 0.3) is 5.91 Å². The number of nitrogens with two attached hydrogens (primary N) is 1. The predicted molar refractivity (Wildman–Crippen MR) is 86.4 cm³/mol. The van der Waals surface area contributed by atoms with Crippen molar-refractivity contribution < 1.29 is 14.7 Å². The highest BCUT2D eigenvalue weighted by Gasteiger charge is 2.40. The molecule has 0 saturated carbocycles. The number of carboxylic acid groups (broad SMARTS) is 1. The molecule has 3 N–H and O–H groups in total. The summed E-state index contributed by atoms with van der Waals surface area (Å²) in [6.07, 6.45) is 2.87. The van der Waals surface area contributed by atoms with Crippen molar-refractivity contribution in [1.82, 2.24) is 4.98 Å². The Bertz CT molecular complexity index is 657. The zero-order valence-electron chi connectivity index (χ0n) is 13.6. The summed E-state index contributed by atoms with van der Waals surface area (Å²) < 4.78 is 0. The normalized spacial score (nSPS) is 23.3. The van der Waals surface area contributed by atoms with Gasteiger partial charge in [-0.25, -0.2) is 4.98 Å². The second-order valence-electron chi connectivity index (χ2n) is 6.94. The van der Waals surface area contributed by atoms with Crippen LogP contribution in [0.5, 0.6) is 0 Å². The summed E-state index contributed by atoms with van der Waals surface area (Å²) in [6.45, 7) is 5.05. The first-order valence-electron chi connectivity index (χ1n) is 8.18. The number of aliphatic carboxylic acids is 1. The monoisotopic (exact) mass is 317 g/mol. The van der Waals surface area contributed by atoms with E-state index < -0.39 is 17.8 Å². The summed E-state index contributed by atoms with van der Waals surface area (Å²) in [6, 6.07) is 1.85. The molecule has 3 rings (SSSR count). The van der Waals surface area contributed by atoms with Crippen molar-refractivity contribution in [2.75, 3.05) is 18.0 Å². The first kappa shape index (κ1) is 15.8. The lowest BCUT2D eigenvalue weighted by atomic mass is 9.86. The summed E-state index contributed by atoms with van der Waals surface area (Å²) in [5.74, 6) is -0.857. The summed E-state index contributed by atoms with van der Waals surface area (Å²) in [5.41, 5.74) is 8.07. The Morgan fingerprint density at radius 1 is 1.35 bits per heavy atom. The molecule has 6 heteroatoms. The van der Waals surface area contributed by atoms with Crippen LogP contribution in [0.4, 0.5) is 5.82 Å². The Morgan fingerprint density at radius 2 is 2.09 bits per heavy atom. The van der Waals surface area contributed by atoms with Gasteiger partial charge in [0.05, 0.1) is 11.5 Å². The first-order chi connectivity index (χ1) is 10.9. The number of aromatic nitrogens is 1. The molecular formula is C17H23N3O3. The van der Waals surface area contributed by atoms with Gasteiger partial charge in [-0.05, 0) is 42.7 Å². The minimum atomic E-state index is -0.784. The van der Waals surface area contributed by atoms with Crippen LogP contribution in [0.2, 0.25) is 0 Å². The summed E-state index contributed by atoms with van der Waals surface area (Å²) >= 11 is 0. The molecule has 1 aromatic rings. The lowest BCUT2D eigenvalue weighted by Gasteiger charge is -2.21. The Kier molecular flexibility index (Phi) is 4.00. The van der Waals surface area contributed by atoms with Gasteiger partial charge < -0.3 is 15.7 Å². The number of hydrogen-bond donors (Lipinski definition) is 2. The lowest BCUT2D eigenvalue weighted by molar-refractivity contribution is -0.142. The maximum Gasteiger partial charge on any atom is 0.308 e. The van der Waals surface area contributed by atoms with Crippen molar-refractivity contribution in [1.29, 1.82) is 0 Å². The number of primary amides is 1. The molecule has 1 aromatic heterocycles. The van der Waals surface area contributed by atoms with Gasteiger partial charge in [-0.15, -0.1) is 0 Å². The number of carbonyl (C=O) groups excluding carboxylic acids is 1. The molecule has 1 aliphatic carbocycles. The van der Waals surface area contributed by atoms with Gasteiger partial charge in [0.15, 0.2) is 0 Å². The van der Waals surface area contributed by atoms with Crippen molar-refractivity contribution in [3.05, 3.63) is 22.9 Å². The average molecular weight is 317 g/mol. The number of amides is 1. The fraction of sp³-hybridized carbons (Fsp3) is 0.588. The van der Waals surface area contributed by atoms with E-state index >= 15 is 0 Å².